The van der Waals surface area contributed by atoms with Crippen LogP contribution in [0.1, 0.15) is 18.3 Å². The number of nitrogens with one attached hydrogen (secondary N) is 1. The lowest BCUT2D eigenvalue weighted by Crippen LogP contribution is -2.36. The average Bonchev–Trinajstić information content (AvgIpc) is 2.71. The predicted octanol–water partition coefficient (Wildman–Crippen LogP) is 0.616. The molecule has 78 valence electrons. The van der Waals surface area contributed by atoms with Crippen molar-refractivity contribution in [1.82, 2.24) is 20.6 Å². The van der Waals surface area contributed by atoms with E-state index in [-0.39, 0.29) is 0 Å². The summed E-state index contributed by atoms with van der Waals surface area (Å²) in [6.07, 6.45) is 0.688. The standard InChI is InChI=1S/C10H13N5/c1-10(11,9-12-14-15-13-9)7-8-5-3-2-4-6-8/h2-6H,7,11H2,1H3,(H,12,13,14,15). The Morgan fingerprint density at radius 2 is 2.07 bits per heavy atom. The van der Waals surface area contributed by atoms with Crippen LogP contribution >= 0.6 is 0 Å². The normalized spacial score (nSPS) is 14.8. The van der Waals surface area contributed by atoms with Gasteiger partial charge in [0.25, 0.3) is 0 Å². The van der Waals surface area contributed by atoms with Crippen LogP contribution in [0.3, 0.4) is 0 Å². The molecule has 0 amide bonds. The van der Waals surface area contributed by atoms with E-state index in [1.807, 2.05) is 37.3 Å². The Hall–Kier alpha value is -1.75. The molecule has 0 spiro atoms. The summed E-state index contributed by atoms with van der Waals surface area (Å²) in [7, 11) is 0. The number of tetrazole rings is 1. The zero-order valence-corrected chi connectivity index (χ0v) is 8.51. The summed E-state index contributed by atoms with van der Waals surface area (Å²) >= 11 is 0. The summed E-state index contributed by atoms with van der Waals surface area (Å²) < 4.78 is 0. The van der Waals surface area contributed by atoms with Gasteiger partial charge in [0.15, 0.2) is 5.82 Å². The quantitative estimate of drug-likeness (QED) is 0.766. The third-order valence-corrected chi connectivity index (χ3v) is 2.27. The minimum Gasteiger partial charge on any atom is -0.319 e. The van der Waals surface area contributed by atoms with Gasteiger partial charge in [-0.25, -0.2) is 0 Å². The monoisotopic (exact) mass is 203 g/mol. The number of benzene rings is 1. The van der Waals surface area contributed by atoms with Crippen LogP contribution in [0.5, 0.6) is 0 Å². The van der Waals surface area contributed by atoms with Crippen molar-refractivity contribution in [3.05, 3.63) is 41.7 Å². The molecule has 0 saturated carbocycles. The van der Waals surface area contributed by atoms with Crippen LogP contribution in [0, 0.1) is 0 Å². The summed E-state index contributed by atoms with van der Waals surface area (Å²) in [4.78, 5) is 0. The van der Waals surface area contributed by atoms with Crippen molar-refractivity contribution in [2.75, 3.05) is 0 Å². The Morgan fingerprint density at radius 1 is 1.33 bits per heavy atom. The Morgan fingerprint density at radius 3 is 2.67 bits per heavy atom. The number of aromatic amines is 1. The van der Waals surface area contributed by atoms with Crippen molar-refractivity contribution in [3.8, 4) is 0 Å². The summed E-state index contributed by atoms with van der Waals surface area (Å²) in [5.41, 5.74) is 6.70. The lowest BCUT2D eigenvalue weighted by Gasteiger charge is -2.20. The maximum absolute atomic E-state index is 6.13. The number of rotatable bonds is 3. The van der Waals surface area contributed by atoms with E-state index in [1.165, 1.54) is 0 Å². The van der Waals surface area contributed by atoms with E-state index < -0.39 is 5.54 Å². The maximum atomic E-state index is 6.13. The molecule has 0 aliphatic carbocycles. The van der Waals surface area contributed by atoms with Crippen LogP contribution in [0.4, 0.5) is 0 Å². The van der Waals surface area contributed by atoms with Crippen LogP contribution in [0.25, 0.3) is 0 Å². The van der Waals surface area contributed by atoms with Crippen LogP contribution in [-0.4, -0.2) is 20.6 Å². The first-order chi connectivity index (χ1) is 7.18. The van der Waals surface area contributed by atoms with Crippen molar-refractivity contribution in [1.29, 1.82) is 0 Å². The third kappa shape index (κ3) is 2.19. The third-order valence-electron chi connectivity index (χ3n) is 2.27. The molecule has 2 rings (SSSR count). The van der Waals surface area contributed by atoms with Crippen LogP contribution in [0.15, 0.2) is 30.3 Å². The van der Waals surface area contributed by atoms with E-state index in [1.54, 1.807) is 0 Å². The lowest BCUT2D eigenvalue weighted by molar-refractivity contribution is 0.459. The molecule has 1 atom stereocenters. The van der Waals surface area contributed by atoms with Gasteiger partial charge < -0.3 is 5.73 Å². The van der Waals surface area contributed by atoms with Gasteiger partial charge in [0, 0.05) is 0 Å². The molecule has 2 aromatic rings. The Balaban J connectivity index is 2.18. The second-order valence-electron chi connectivity index (χ2n) is 3.82. The first kappa shape index (κ1) is 9.79. The van der Waals surface area contributed by atoms with Gasteiger partial charge in [-0.15, -0.1) is 10.2 Å². The van der Waals surface area contributed by atoms with Gasteiger partial charge in [0.2, 0.25) is 0 Å². The number of nitrogens with zero attached hydrogens (tertiary/aromatic N) is 3. The molecule has 0 radical (unpaired) electrons. The highest BCUT2D eigenvalue weighted by Crippen LogP contribution is 2.18. The molecule has 1 unspecified atom stereocenters. The van der Waals surface area contributed by atoms with E-state index in [0.717, 1.165) is 5.56 Å². The highest BCUT2D eigenvalue weighted by Gasteiger charge is 2.26. The Kier molecular flexibility index (Phi) is 2.47. The van der Waals surface area contributed by atoms with Gasteiger partial charge in [-0.05, 0) is 18.9 Å². The van der Waals surface area contributed by atoms with E-state index in [9.17, 15) is 0 Å². The largest absolute Gasteiger partial charge is 0.319 e. The van der Waals surface area contributed by atoms with Gasteiger partial charge in [-0.1, -0.05) is 35.5 Å². The molecular formula is C10H13N5. The second kappa shape index (κ2) is 3.78. The van der Waals surface area contributed by atoms with E-state index in [0.29, 0.717) is 12.2 Å². The molecule has 0 aliphatic rings. The maximum Gasteiger partial charge on any atom is 0.194 e. The van der Waals surface area contributed by atoms with Crippen molar-refractivity contribution >= 4 is 0 Å². The van der Waals surface area contributed by atoms with Gasteiger partial charge in [-0.2, -0.15) is 5.21 Å². The van der Waals surface area contributed by atoms with Gasteiger partial charge in [-0.3, -0.25) is 0 Å². The van der Waals surface area contributed by atoms with Crippen LogP contribution in [-0.2, 0) is 12.0 Å². The number of hydrogen-bond donors (Lipinski definition) is 2. The molecule has 1 aromatic carbocycles. The molecule has 5 nitrogen and oxygen atoms in total. The van der Waals surface area contributed by atoms with Crippen molar-refractivity contribution in [2.45, 2.75) is 18.9 Å². The minimum atomic E-state index is -0.589. The number of aromatic nitrogens is 4. The molecule has 0 saturated heterocycles. The van der Waals surface area contributed by atoms with Gasteiger partial charge in [0.1, 0.15) is 0 Å². The van der Waals surface area contributed by atoms with Gasteiger partial charge in [0.05, 0.1) is 5.54 Å². The molecule has 1 aromatic heterocycles. The first-order valence-corrected chi connectivity index (χ1v) is 4.75. The fourth-order valence-electron chi connectivity index (χ4n) is 1.50. The van der Waals surface area contributed by atoms with E-state index >= 15 is 0 Å². The molecule has 15 heavy (non-hydrogen) atoms. The first-order valence-electron chi connectivity index (χ1n) is 4.75. The van der Waals surface area contributed by atoms with Crippen molar-refractivity contribution in [2.24, 2.45) is 5.73 Å². The Bertz CT molecular complexity index is 407. The van der Waals surface area contributed by atoms with Crippen LogP contribution < -0.4 is 5.73 Å². The van der Waals surface area contributed by atoms with E-state index in [2.05, 4.69) is 20.6 Å². The van der Waals surface area contributed by atoms with Crippen LogP contribution in [0.2, 0.25) is 0 Å². The molecular weight excluding hydrogens is 190 g/mol. The zero-order valence-electron chi connectivity index (χ0n) is 8.51. The fraction of sp³-hybridized carbons (Fsp3) is 0.300. The summed E-state index contributed by atoms with van der Waals surface area (Å²) in [6.45, 7) is 1.89. The summed E-state index contributed by atoms with van der Waals surface area (Å²) in [5.74, 6) is 0.534. The zero-order chi connectivity index (χ0) is 10.7. The lowest BCUT2D eigenvalue weighted by atomic mass is 9.93. The highest BCUT2D eigenvalue weighted by atomic mass is 15.5. The molecule has 0 aliphatic heterocycles. The molecule has 1 heterocycles. The van der Waals surface area contributed by atoms with Gasteiger partial charge >= 0.3 is 0 Å². The minimum absolute atomic E-state index is 0.534. The highest BCUT2D eigenvalue weighted by molar-refractivity contribution is 5.19. The summed E-state index contributed by atoms with van der Waals surface area (Å²) in [6, 6.07) is 10.0. The summed E-state index contributed by atoms with van der Waals surface area (Å²) in [5, 5.41) is 13.7. The fourth-order valence-corrected chi connectivity index (χ4v) is 1.50. The van der Waals surface area contributed by atoms with E-state index in [4.69, 9.17) is 5.73 Å². The second-order valence-corrected chi connectivity index (χ2v) is 3.82. The SMILES string of the molecule is CC(N)(Cc1ccccc1)c1nn[nH]n1. The molecule has 0 bridgehead atoms. The molecule has 0 fully saturated rings. The molecule has 5 heteroatoms. The van der Waals surface area contributed by atoms with Crippen molar-refractivity contribution in [3.63, 3.8) is 0 Å². The topological polar surface area (TPSA) is 80.5 Å². The number of H-pyrrole nitrogens is 1. The number of nitrogens with two attached hydrogens (primary N) is 1. The average molecular weight is 203 g/mol. The predicted molar refractivity (Wildman–Crippen MR) is 55.9 cm³/mol. The molecule has 3 N–H and O–H groups in total. The number of hydrogen-bond acceptors (Lipinski definition) is 4. The van der Waals surface area contributed by atoms with Crippen molar-refractivity contribution < 1.29 is 0 Å². The Labute approximate surface area is 87.7 Å². The smallest absolute Gasteiger partial charge is 0.194 e.